The molecule has 0 aromatic rings. The Morgan fingerprint density at radius 1 is 0.821 bits per heavy atom. The van der Waals surface area contributed by atoms with Crippen LogP contribution in [0.2, 0.25) is 51.9 Å². The quantitative estimate of drug-likeness (QED) is 0.0486. The fourth-order valence-corrected chi connectivity index (χ4v) is 18.2. The van der Waals surface area contributed by atoms with Gasteiger partial charge >= 0.3 is 22.4 Å². The van der Waals surface area contributed by atoms with Crippen LogP contribution in [0.15, 0.2) is 0 Å². The maximum Gasteiger partial charge on any atom is 0.472 e. The molecule has 0 saturated heterocycles. The number of hydrogen-bond acceptors (Lipinski definition) is 8. The summed E-state index contributed by atoms with van der Waals surface area (Å²) in [6, 6.07) is 1.15. The highest BCUT2D eigenvalue weighted by molar-refractivity contribution is 7.47. The van der Waals surface area contributed by atoms with Crippen molar-refractivity contribution >= 4 is 39.0 Å². The number of phosphoric ester groups is 1. The van der Waals surface area contributed by atoms with Gasteiger partial charge in [0.2, 0.25) is 0 Å². The molecule has 14 heteroatoms. The second-order valence-corrected chi connectivity index (χ2v) is 27.5. The number of unbranched alkanes of at least 4 members (excludes halogenated alkanes) is 6. The first-order chi connectivity index (χ1) is 17.6. The SMILES string of the molecule is C[N+](C)(C)CCOP(=O)(O)OCC(O)COC(=O)CCCCCCCCC[Si](C)(C)O[Si](C)(C)O[Si](C)(C)C. The van der Waals surface area contributed by atoms with Gasteiger partial charge in [-0.05, 0) is 58.3 Å². The van der Waals surface area contributed by atoms with E-state index in [1.165, 1.54) is 19.3 Å². The summed E-state index contributed by atoms with van der Waals surface area (Å²) in [5.74, 6) is -0.391. The summed E-state index contributed by atoms with van der Waals surface area (Å²) in [5.41, 5.74) is 0. The van der Waals surface area contributed by atoms with Gasteiger partial charge in [0, 0.05) is 6.42 Å². The third-order valence-corrected chi connectivity index (χ3v) is 16.8. The van der Waals surface area contributed by atoms with Crippen molar-refractivity contribution in [3.63, 3.8) is 0 Å². The highest BCUT2D eigenvalue weighted by atomic mass is 31.2. The number of aliphatic hydroxyl groups excluding tert-OH is 1. The largest absolute Gasteiger partial charge is 0.472 e. The van der Waals surface area contributed by atoms with Crippen LogP contribution in [0, 0.1) is 0 Å². The number of ether oxygens (including phenoxy) is 1. The lowest BCUT2D eigenvalue weighted by atomic mass is 10.1. The smallest absolute Gasteiger partial charge is 0.463 e. The summed E-state index contributed by atoms with van der Waals surface area (Å²) in [6.07, 6.45) is 6.56. The van der Waals surface area contributed by atoms with Crippen molar-refractivity contribution in [3.05, 3.63) is 0 Å². The van der Waals surface area contributed by atoms with Gasteiger partial charge in [-0.15, -0.1) is 0 Å². The molecule has 0 radical (unpaired) electrons. The standard InChI is InChI=1S/C25H58NO9PSi3/c1-26(2,3)19-20-32-36(29,30)33-23-24(27)22-31-25(28)18-16-14-12-11-13-15-17-21-38(7,8)35-39(9,10)34-37(4,5)6/h24,27H,11-23H2,1-10H3/p+1. The van der Waals surface area contributed by atoms with Crippen molar-refractivity contribution in [3.8, 4) is 0 Å². The summed E-state index contributed by atoms with van der Waals surface area (Å²) >= 11 is 0. The van der Waals surface area contributed by atoms with Gasteiger partial charge in [-0.3, -0.25) is 13.8 Å². The molecular weight excluding hydrogens is 574 g/mol. The van der Waals surface area contributed by atoms with Crippen molar-refractivity contribution in [2.75, 3.05) is 47.5 Å². The first-order valence-electron chi connectivity index (χ1n) is 14.3. The highest BCUT2D eigenvalue weighted by Gasteiger charge is 2.37. The maximum atomic E-state index is 11.9. The van der Waals surface area contributed by atoms with E-state index in [-0.39, 0.29) is 19.6 Å². The van der Waals surface area contributed by atoms with Crippen molar-refractivity contribution in [2.24, 2.45) is 0 Å². The average molecular weight is 633 g/mol. The van der Waals surface area contributed by atoms with E-state index < -0.39 is 51.7 Å². The first-order valence-corrected chi connectivity index (χ1v) is 25.1. The van der Waals surface area contributed by atoms with Gasteiger partial charge in [0.15, 0.2) is 16.6 Å². The number of hydrogen-bond donors (Lipinski definition) is 2. The Labute approximate surface area is 241 Å². The van der Waals surface area contributed by atoms with E-state index in [1.54, 1.807) is 0 Å². The molecule has 234 valence electrons. The predicted molar refractivity (Wildman–Crippen MR) is 164 cm³/mol. The summed E-state index contributed by atoms with van der Waals surface area (Å²) < 4.78 is 40.0. The van der Waals surface area contributed by atoms with Gasteiger partial charge in [-0.2, -0.15) is 0 Å². The van der Waals surface area contributed by atoms with E-state index in [2.05, 4.69) is 45.8 Å². The molecule has 0 heterocycles. The molecule has 0 spiro atoms. The molecule has 0 bridgehead atoms. The average Bonchev–Trinajstić information content (AvgIpc) is 2.71. The third-order valence-electron chi connectivity index (χ3n) is 5.62. The molecule has 39 heavy (non-hydrogen) atoms. The van der Waals surface area contributed by atoms with E-state index >= 15 is 0 Å². The molecule has 0 aromatic heterocycles. The molecule has 2 unspecified atom stereocenters. The zero-order chi connectivity index (χ0) is 30.4. The van der Waals surface area contributed by atoms with Crippen LogP contribution >= 0.6 is 7.82 Å². The fourth-order valence-electron chi connectivity index (χ4n) is 4.14. The number of aliphatic hydroxyl groups is 1. The van der Waals surface area contributed by atoms with E-state index in [4.69, 9.17) is 22.0 Å². The summed E-state index contributed by atoms with van der Waals surface area (Å²) in [7, 11) is -3.86. The lowest BCUT2D eigenvalue weighted by Gasteiger charge is -2.37. The Kier molecular flexibility index (Phi) is 17.9. The molecule has 0 saturated carbocycles. The lowest BCUT2D eigenvalue weighted by Crippen LogP contribution is -2.51. The van der Waals surface area contributed by atoms with Crippen LogP contribution in [0.1, 0.15) is 51.4 Å². The molecule has 2 N–H and O–H groups in total. The molecule has 0 aliphatic carbocycles. The maximum absolute atomic E-state index is 11.9. The van der Waals surface area contributed by atoms with Crippen molar-refractivity contribution in [1.29, 1.82) is 0 Å². The predicted octanol–water partition coefficient (Wildman–Crippen LogP) is 5.63. The van der Waals surface area contributed by atoms with E-state index in [0.29, 0.717) is 11.0 Å². The van der Waals surface area contributed by atoms with E-state index in [0.717, 1.165) is 31.7 Å². The van der Waals surface area contributed by atoms with Gasteiger partial charge < -0.3 is 27.5 Å². The second kappa shape index (κ2) is 17.9. The number of quaternary nitrogens is 1. The number of likely N-dealkylation sites (N-methyl/N-ethyl adjacent to an activating group) is 1. The van der Waals surface area contributed by atoms with Crippen molar-refractivity contribution in [2.45, 2.75) is 109 Å². The Hall–Kier alpha value is 0.0706. The minimum atomic E-state index is -4.26. The van der Waals surface area contributed by atoms with Gasteiger partial charge in [-0.1, -0.05) is 38.5 Å². The van der Waals surface area contributed by atoms with Crippen LogP contribution < -0.4 is 0 Å². The van der Waals surface area contributed by atoms with Crippen LogP contribution in [0.4, 0.5) is 0 Å². The number of rotatable bonds is 23. The van der Waals surface area contributed by atoms with Gasteiger partial charge in [0.05, 0.1) is 27.7 Å². The Morgan fingerprint density at radius 3 is 1.90 bits per heavy atom. The molecule has 0 fully saturated rings. The molecule has 0 rings (SSSR count). The third kappa shape index (κ3) is 25.5. The van der Waals surface area contributed by atoms with Crippen LogP contribution in [0.3, 0.4) is 0 Å². The van der Waals surface area contributed by atoms with Crippen LogP contribution in [-0.4, -0.2) is 99.3 Å². The van der Waals surface area contributed by atoms with Crippen molar-refractivity contribution in [1.82, 2.24) is 0 Å². The number of esters is 1. The number of phosphoric acid groups is 1. The monoisotopic (exact) mass is 632 g/mol. The number of carbonyl (C=O) groups is 1. The van der Waals surface area contributed by atoms with Crippen LogP contribution in [0.5, 0.6) is 0 Å². The summed E-state index contributed by atoms with van der Waals surface area (Å²) in [4.78, 5) is 21.6. The second-order valence-electron chi connectivity index (χ2n) is 13.4. The zero-order valence-electron chi connectivity index (χ0n) is 26.4. The summed E-state index contributed by atoms with van der Waals surface area (Å²) in [5, 5.41) is 9.88. The Bertz CT molecular complexity index is 743. The topological polar surface area (TPSA) is 121 Å². The molecule has 2 atom stereocenters. The summed E-state index contributed by atoms with van der Waals surface area (Å²) in [6.45, 7) is 15.4. The minimum Gasteiger partial charge on any atom is -0.463 e. The lowest BCUT2D eigenvalue weighted by molar-refractivity contribution is -0.870. The molecule has 10 nitrogen and oxygen atoms in total. The van der Waals surface area contributed by atoms with Crippen LogP contribution in [0.25, 0.3) is 0 Å². The first kappa shape index (κ1) is 39.1. The van der Waals surface area contributed by atoms with Gasteiger partial charge in [0.25, 0.3) is 0 Å². The highest BCUT2D eigenvalue weighted by Crippen LogP contribution is 2.43. The zero-order valence-corrected chi connectivity index (χ0v) is 30.3. The Balaban J connectivity index is 3.86. The number of carbonyl (C=O) groups excluding carboxylic acids is 1. The molecule has 0 aliphatic rings. The fraction of sp³-hybridized carbons (Fsp3) is 0.960. The van der Waals surface area contributed by atoms with E-state index in [9.17, 15) is 19.4 Å². The van der Waals surface area contributed by atoms with E-state index in [1.807, 2.05) is 21.1 Å². The van der Waals surface area contributed by atoms with Crippen LogP contribution in [-0.2, 0) is 31.4 Å². The Morgan fingerprint density at radius 2 is 1.36 bits per heavy atom. The molecule has 0 amide bonds. The van der Waals surface area contributed by atoms with Crippen molar-refractivity contribution < 1.29 is 45.9 Å². The normalized spacial score (nSPS) is 15.7. The molecule has 0 aromatic carbocycles. The molecule has 0 aliphatic heterocycles. The van der Waals surface area contributed by atoms with Gasteiger partial charge in [-0.25, -0.2) is 4.57 Å². The minimum absolute atomic E-state index is 0.0472. The van der Waals surface area contributed by atoms with Gasteiger partial charge in [0.1, 0.15) is 25.9 Å². The number of nitrogens with zero attached hydrogens (tertiary/aromatic N) is 1. The molecular formula is C25H59NO9PSi3+.